The molecule has 19 heavy (non-hydrogen) atoms. The summed E-state index contributed by atoms with van der Waals surface area (Å²) >= 11 is 0. The molecule has 0 radical (unpaired) electrons. The van der Waals surface area contributed by atoms with Gasteiger partial charge in [0.2, 0.25) is 0 Å². The molecule has 4 nitrogen and oxygen atoms in total. The third kappa shape index (κ3) is 4.96. The lowest BCUT2D eigenvalue weighted by molar-refractivity contribution is -0.0126. The molecule has 0 fully saturated rings. The van der Waals surface area contributed by atoms with Crippen LogP contribution in [-0.4, -0.2) is 35.6 Å². The predicted molar refractivity (Wildman–Crippen MR) is 79.2 cm³/mol. The van der Waals surface area contributed by atoms with E-state index in [0.717, 1.165) is 19.4 Å². The molecule has 0 bridgehead atoms. The van der Waals surface area contributed by atoms with E-state index in [1.807, 2.05) is 25.0 Å². The highest BCUT2D eigenvalue weighted by Gasteiger charge is 2.31. The van der Waals surface area contributed by atoms with Crippen molar-refractivity contribution in [1.82, 2.24) is 15.1 Å². The smallest absolute Gasteiger partial charge is 0.0772 e. The Morgan fingerprint density at radius 2 is 2.11 bits per heavy atom. The third-order valence-corrected chi connectivity index (χ3v) is 3.44. The summed E-state index contributed by atoms with van der Waals surface area (Å²) in [6.45, 7) is 9.81. The van der Waals surface area contributed by atoms with E-state index >= 15 is 0 Å². The Hall–Kier alpha value is -0.870. The molecule has 2 unspecified atom stereocenters. The highest BCUT2D eigenvalue weighted by molar-refractivity contribution is 5.04. The van der Waals surface area contributed by atoms with Gasteiger partial charge in [0.25, 0.3) is 0 Å². The minimum atomic E-state index is 0.135. The van der Waals surface area contributed by atoms with Crippen LogP contribution in [0.5, 0.6) is 0 Å². The summed E-state index contributed by atoms with van der Waals surface area (Å²) in [7, 11) is 3.77. The van der Waals surface area contributed by atoms with Gasteiger partial charge in [-0.3, -0.25) is 4.68 Å². The van der Waals surface area contributed by atoms with E-state index in [1.165, 1.54) is 5.56 Å². The Morgan fingerprint density at radius 3 is 2.53 bits per heavy atom. The van der Waals surface area contributed by atoms with Crippen LogP contribution in [0.1, 0.15) is 39.7 Å². The highest BCUT2D eigenvalue weighted by Crippen LogP contribution is 2.26. The fourth-order valence-corrected chi connectivity index (χ4v) is 2.67. The summed E-state index contributed by atoms with van der Waals surface area (Å²) in [4.78, 5) is 0. The summed E-state index contributed by atoms with van der Waals surface area (Å²) < 4.78 is 7.60. The number of nitrogens with one attached hydrogen (secondary N) is 1. The van der Waals surface area contributed by atoms with Gasteiger partial charge in [-0.05, 0) is 30.4 Å². The summed E-state index contributed by atoms with van der Waals surface area (Å²) in [5.74, 6) is 0. The molecule has 0 saturated heterocycles. The van der Waals surface area contributed by atoms with Crippen LogP contribution in [0.2, 0.25) is 0 Å². The van der Waals surface area contributed by atoms with Crippen LogP contribution in [0.25, 0.3) is 0 Å². The maximum absolute atomic E-state index is 5.74. The van der Waals surface area contributed by atoms with E-state index in [1.54, 1.807) is 0 Å². The third-order valence-electron chi connectivity index (χ3n) is 3.44. The molecule has 1 rings (SSSR count). The Bertz CT molecular complexity index is 368. The highest BCUT2D eigenvalue weighted by atomic mass is 16.5. The van der Waals surface area contributed by atoms with Gasteiger partial charge in [0, 0.05) is 26.4 Å². The lowest BCUT2D eigenvalue weighted by atomic mass is 9.82. The van der Waals surface area contributed by atoms with Crippen LogP contribution >= 0.6 is 0 Å². The average Bonchev–Trinajstić information content (AvgIpc) is 2.71. The summed E-state index contributed by atoms with van der Waals surface area (Å²) in [5, 5.41) is 7.78. The van der Waals surface area contributed by atoms with Crippen LogP contribution in [0, 0.1) is 5.41 Å². The van der Waals surface area contributed by atoms with E-state index in [4.69, 9.17) is 4.74 Å². The zero-order valence-corrected chi connectivity index (χ0v) is 13.2. The van der Waals surface area contributed by atoms with Crippen molar-refractivity contribution in [2.24, 2.45) is 12.5 Å². The first-order valence-electron chi connectivity index (χ1n) is 7.12. The van der Waals surface area contributed by atoms with Gasteiger partial charge in [0.05, 0.1) is 12.3 Å². The molecule has 1 N–H and O–H groups in total. The van der Waals surface area contributed by atoms with Crippen molar-refractivity contribution in [3.8, 4) is 0 Å². The number of aromatic nitrogens is 2. The van der Waals surface area contributed by atoms with Gasteiger partial charge in [-0.25, -0.2) is 0 Å². The van der Waals surface area contributed by atoms with Crippen molar-refractivity contribution in [1.29, 1.82) is 0 Å². The average molecular weight is 267 g/mol. The molecule has 0 saturated carbocycles. The van der Waals surface area contributed by atoms with Gasteiger partial charge < -0.3 is 10.1 Å². The Labute approximate surface area is 117 Å². The number of nitrogens with zero attached hydrogens (tertiary/aromatic N) is 2. The normalized spacial score (nSPS) is 15.5. The maximum atomic E-state index is 5.74. The largest absolute Gasteiger partial charge is 0.379 e. The van der Waals surface area contributed by atoms with E-state index in [2.05, 4.69) is 44.3 Å². The maximum Gasteiger partial charge on any atom is 0.0772 e. The molecular weight excluding hydrogens is 238 g/mol. The Balaban J connectivity index is 2.66. The van der Waals surface area contributed by atoms with E-state index in [0.29, 0.717) is 6.04 Å². The SMILES string of the molecule is CCNC(CCc1cnn(C)c1)C(OC)C(C)(C)C. The van der Waals surface area contributed by atoms with Crippen LogP contribution in [0.3, 0.4) is 0 Å². The van der Waals surface area contributed by atoms with E-state index in [9.17, 15) is 0 Å². The quantitative estimate of drug-likeness (QED) is 0.824. The zero-order chi connectivity index (χ0) is 14.5. The number of hydrogen-bond donors (Lipinski definition) is 1. The number of aryl methyl sites for hydroxylation is 2. The van der Waals surface area contributed by atoms with E-state index in [-0.39, 0.29) is 11.5 Å². The predicted octanol–water partition coefficient (Wildman–Crippen LogP) is 2.39. The minimum Gasteiger partial charge on any atom is -0.379 e. The standard InChI is InChI=1S/C15H29N3O/c1-7-16-13(14(19-6)15(2,3)4)9-8-12-10-17-18(5)11-12/h10-11,13-14,16H,7-9H2,1-6H3. The molecular formula is C15H29N3O. The van der Waals surface area contributed by atoms with Gasteiger partial charge in [-0.2, -0.15) is 5.10 Å². The number of rotatable bonds is 7. The number of methoxy groups -OCH3 is 1. The summed E-state index contributed by atoms with van der Waals surface area (Å²) in [6.07, 6.45) is 6.34. The Morgan fingerprint density at radius 1 is 1.42 bits per heavy atom. The number of hydrogen-bond acceptors (Lipinski definition) is 3. The molecule has 0 aliphatic heterocycles. The molecule has 1 aromatic heterocycles. The second-order valence-corrected chi connectivity index (χ2v) is 6.25. The topological polar surface area (TPSA) is 39.1 Å². The zero-order valence-electron chi connectivity index (χ0n) is 13.2. The van der Waals surface area contributed by atoms with Gasteiger partial charge in [0.1, 0.15) is 0 Å². The molecule has 0 spiro atoms. The van der Waals surface area contributed by atoms with Crippen molar-refractivity contribution >= 4 is 0 Å². The van der Waals surface area contributed by atoms with Gasteiger partial charge in [0.15, 0.2) is 0 Å². The van der Waals surface area contributed by atoms with E-state index < -0.39 is 0 Å². The fraction of sp³-hybridized carbons (Fsp3) is 0.800. The summed E-state index contributed by atoms with van der Waals surface area (Å²) in [6, 6.07) is 0.371. The second-order valence-electron chi connectivity index (χ2n) is 6.25. The van der Waals surface area contributed by atoms with Gasteiger partial charge in [-0.15, -0.1) is 0 Å². The first kappa shape index (κ1) is 16.2. The first-order chi connectivity index (χ1) is 8.88. The van der Waals surface area contributed by atoms with Gasteiger partial charge >= 0.3 is 0 Å². The molecule has 0 aliphatic carbocycles. The van der Waals surface area contributed by atoms with Crippen molar-refractivity contribution in [3.63, 3.8) is 0 Å². The molecule has 110 valence electrons. The molecule has 1 aromatic rings. The summed E-state index contributed by atoms with van der Waals surface area (Å²) in [5.41, 5.74) is 1.42. The van der Waals surface area contributed by atoms with Crippen LogP contribution < -0.4 is 5.32 Å². The van der Waals surface area contributed by atoms with Crippen molar-refractivity contribution in [2.75, 3.05) is 13.7 Å². The molecule has 0 amide bonds. The second kappa shape index (κ2) is 7.06. The molecule has 0 aromatic carbocycles. The lowest BCUT2D eigenvalue weighted by Crippen LogP contribution is -2.47. The fourth-order valence-electron chi connectivity index (χ4n) is 2.67. The minimum absolute atomic E-state index is 0.135. The van der Waals surface area contributed by atoms with Crippen LogP contribution in [0.15, 0.2) is 12.4 Å². The Kier molecular flexibility index (Phi) is 6.01. The lowest BCUT2D eigenvalue weighted by Gasteiger charge is -2.36. The van der Waals surface area contributed by atoms with Crippen molar-refractivity contribution < 1.29 is 4.74 Å². The number of likely N-dealkylation sites (N-methyl/N-ethyl adjacent to an activating group) is 1. The molecule has 0 aliphatic rings. The van der Waals surface area contributed by atoms with Crippen LogP contribution in [-0.2, 0) is 18.2 Å². The first-order valence-corrected chi connectivity index (χ1v) is 7.12. The van der Waals surface area contributed by atoms with Crippen LogP contribution in [0.4, 0.5) is 0 Å². The van der Waals surface area contributed by atoms with Crippen molar-refractivity contribution in [3.05, 3.63) is 18.0 Å². The van der Waals surface area contributed by atoms with Crippen molar-refractivity contribution in [2.45, 2.75) is 52.7 Å². The number of ether oxygens (including phenoxy) is 1. The van der Waals surface area contributed by atoms with Gasteiger partial charge in [-0.1, -0.05) is 27.7 Å². The monoisotopic (exact) mass is 267 g/mol. The molecule has 4 heteroatoms. The molecule has 2 atom stereocenters. The molecule has 1 heterocycles.